The van der Waals surface area contributed by atoms with E-state index in [9.17, 15) is 4.79 Å². The highest BCUT2D eigenvalue weighted by Gasteiger charge is 2.08. The normalized spacial score (nSPS) is 10.3. The van der Waals surface area contributed by atoms with Crippen molar-refractivity contribution >= 4 is 17.3 Å². The largest absolute Gasteiger partial charge is 0.399 e. The van der Waals surface area contributed by atoms with Gasteiger partial charge in [0, 0.05) is 30.0 Å². The maximum Gasteiger partial charge on any atom is 0.248 e. The van der Waals surface area contributed by atoms with Crippen LogP contribution in [0.3, 0.4) is 0 Å². The minimum Gasteiger partial charge on any atom is -0.399 e. The van der Waals surface area contributed by atoms with Crippen molar-refractivity contribution < 1.29 is 4.79 Å². The monoisotopic (exact) mass is 283 g/mol. The standard InChI is InChI=1S/C17H21N3O/c1-2-11-20(12-13-3-7-15(18)8-4-13)16-9-5-14(6-10-16)17(19)21/h3-10H,2,11-12,18H2,1H3,(H2,19,21). The second-order valence-corrected chi connectivity index (χ2v) is 5.07. The Morgan fingerprint density at radius 1 is 1.05 bits per heavy atom. The average molecular weight is 283 g/mol. The van der Waals surface area contributed by atoms with Crippen molar-refractivity contribution in [2.75, 3.05) is 17.2 Å². The fourth-order valence-corrected chi connectivity index (χ4v) is 2.25. The van der Waals surface area contributed by atoms with E-state index in [1.165, 1.54) is 5.56 Å². The van der Waals surface area contributed by atoms with Crippen LogP contribution in [0.25, 0.3) is 0 Å². The quantitative estimate of drug-likeness (QED) is 0.801. The van der Waals surface area contributed by atoms with Gasteiger partial charge in [0.1, 0.15) is 0 Å². The summed E-state index contributed by atoms with van der Waals surface area (Å²) in [6.45, 7) is 3.90. The van der Waals surface area contributed by atoms with Crippen LogP contribution in [0.4, 0.5) is 11.4 Å². The van der Waals surface area contributed by atoms with E-state index in [4.69, 9.17) is 11.5 Å². The molecular formula is C17H21N3O. The number of nitrogen functional groups attached to an aromatic ring is 1. The number of nitrogens with two attached hydrogens (primary N) is 2. The van der Waals surface area contributed by atoms with Crippen molar-refractivity contribution in [3.05, 3.63) is 59.7 Å². The summed E-state index contributed by atoms with van der Waals surface area (Å²) < 4.78 is 0. The molecule has 0 aliphatic carbocycles. The van der Waals surface area contributed by atoms with Crippen LogP contribution in [0, 0.1) is 0 Å². The summed E-state index contributed by atoms with van der Waals surface area (Å²) in [7, 11) is 0. The lowest BCUT2D eigenvalue weighted by molar-refractivity contribution is 0.100. The minimum atomic E-state index is -0.401. The Balaban J connectivity index is 2.17. The maximum absolute atomic E-state index is 11.1. The molecule has 2 aromatic rings. The second-order valence-electron chi connectivity index (χ2n) is 5.07. The number of primary amides is 1. The molecule has 2 aromatic carbocycles. The summed E-state index contributed by atoms with van der Waals surface area (Å²) in [5.74, 6) is -0.401. The summed E-state index contributed by atoms with van der Waals surface area (Å²) in [5.41, 5.74) is 14.6. The topological polar surface area (TPSA) is 72.3 Å². The molecule has 0 heterocycles. The molecular weight excluding hydrogens is 262 g/mol. The summed E-state index contributed by atoms with van der Waals surface area (Å²) in [5, 5.41) is 0. The Morgan fingerprint density at radius 2 is 1.67 bits per heavy atom. The Hall–Kier alpha value is -2.49. The Kier molecular flexibility index (Phi) is 4.82. The fourth-order valence-electron chi connectivity index (χ4n) is 2.25. The first-order chi connectivity index (χ1) is 10.1. The number of carbonyl (C=O) groups is 1. The third-order valence-electron chi connectivity index (χ3n) is 3.36. The van der Waals surface area contributed by atoms with Gasteiger partial charge in [0.25, 0.3) is 0 Å². The predicted octanol–water partition coefficient (Wildman–Crippen LogP) is 2.78. The highest BCUT2D eigenvalue weighted by Crippen LogP contribution is 2.19. The highest BCUT2D eigenvalue weighted by atomic mass is 16.1. The van der Waals surface area contributed by atoms with E-state index in [2.05, 4.69) is 11.8 Å². The predicted molar refractivity (Wildman–Crippen MR) is 87.2 cm³/mol. The molecule has 0 spiro atoms. The molecule has 0 fully saturated rings. The minimum absolute atomic E-state index is 0.401. The first kappa shape index (κ1) is 14.9. The van der Waals surface area contributed by atoms with E-state index in [0.29, 0.717) is 5.56 Å². The molecule has 0 saturated carbocycles. The van der Waals surface area contributed by atoms with E-state index in [0.717, 1.165) is 30.9 Å². The van der Waals surface area contributed by atoms with Crippen LogP contribution in [0.5, 0.6) is 0 Å². The molecule has 4 heteroatoms. The van der Waals surface area contributed by atoms with E-state index in [1.807, 2.05) is 36.4 Å². The van der Waals surface area contributed by atoms with E-state index in [-0.39, 0.29) is 0 Å². The zero-order chi connectivity index (χ0) is 15.2. The van der Waals surface area contributed by atoms with E-state index < -0.39 is 5.91 Å². The van der Waals surface area contributed by atoms with Gasteiger partial charge >= 0.3 is 0 Å². The van der Waals surface area contributed by atoms with Crippen LogP contribution in [-0.2, 0) is 6.54 Å². The molecule has 2 rings (SSSR count). The molecule has 0 atom stereocenters. The van der Waals surface area contributed by atoms with Crippen LogP contribution in [0.1, 0.15) is 29.3 Å². The van der Waals surface area contributed by atoms with E-state index in [1.54, 1.807) is 12.1 Å². The maximum atomic E-state index is 11.1. The number of rotatable bonds is 6. The van der Waals surface area contributed by atoms with Gasteiger partial charge in [-0.15, -0.1) is 0 Å². The molecule has 0 radical (unpaired) electrons. The van der Waals surface area contributed by atoms with Gasteiger partial charge in [0.15, 0.2) is 0 Å². The number of hydrogen-bond donors (Lipinski definition) is 2. The fraction of sp³-hybridized carbons (Fsp3) is 0.235. The summed E-state index contributed by atoms with van der Waals surface area (Å²) in [6, 6.07) is 15.3. The van der Waals surface area contributed by atoms with E-state index >= 15 is 0 Å². The Labute approximate surface area is 125 Å². The molecule has 0 aliphatic rings. The number of amides is 1. The van der Waals surface area contributed by atoms with Gasteiger partial charge in [-0.3, -0.25) is 4.79 Å². The van der Waals surface area contributed by atoms with Crippen LogP contribution < -0.4 is 16.4 Å². The van der Waals surface area contributed by atoms with Gasteiger partial charge in [-0.05, 0) is 48.4 Å². The summed E-state index contributed by atoms with van der Waals surface area (Å²) >= 11 is 0. The lowest BCUT2D eigenvalue weighted by Crippen LogP contribution is -2.23. The molecule has 0 aromatic heterocycles. The molecule has 0 aliphatic heterocycles. The van der Waals surface area contributed by atoms with Gasteiger partial charge in [0.05, 0.1) is 0 Å². The van der Waals surface area contributed by atoms with Gasteiger partial charge in [0.2, 0.25) is 5.91 Å². The molecule has 4 N–H and O–H groups in total. The lowest BCUT2D eigenvalue weighted by atomic mass is 10.1. The highest BCUT2D eigenvalue weighted by molar-refractivity contribution is 5.93. The van der Waals surface area contributed by atoms with Gasteiger partial charge in [-0.1, -0.05) is 19.1 Å². The molecule has 1 amide bonds. The smallest absolute Gasteiger partial charge is 0.248 e. The van der Waals surface area contributed by atoms with Crippen molar-refractivity contribution in [2.45, 2.75) is 19.9 Å². The number of anilines is 2. The van der Waals surface area contributed by atoms with Gasteiger partial charge < -0.3 is 16.4 Å². The average Bonchev–Trinajstić information content (AvgIpc) is 2.49. The molecule has 110 valence electrons. The van der Waals surface area contributed by atoms with Crippen LogP contribution in [0.2, 0.25) is 0 Å². The molecule has 0 unspecified atom stereocenters. The number of carbonyl (C=O) groups excluding carboxylic acids is 1. The third kappa shape index (κ3) is 3.99. The third-order valence-corrected chi connectivity index (χ3v) is 3.36. The Morgan fingerprint density at radius 3 is 2.19 bits per heavy atom. The van der Waals surface area contributed by atoms with Gasteiger partial charge in [-0.25, -0.2) is 0 Å². The van der Waals surface area contributed by atoms with Crippen molar-refractivity contribution in [1.82, 2.24) is 0 Å². The number of nitrogens with zero attached hydrogens (tertiary/aromatic N) is 1. The zero-order valence-corrected chi connectivity index (χ0v) is 12.3. The van der Waals surface area contributed by atoms with Crippen molar-refractivity contribution in [3.8, 4) is 0 Å². The Bertz CT molecular complexity index is 590. The van der Waals surface area contributed by atoms with Crippen molar-refractivity contribution in [2.24, 2.45) is 5.73 Å². The van der Waals surface area contributed by atoms with Crippen molar-refractivity contribution in [3.63, 3.8) is 0 Å². The van der Waals surface area contributed by atoms with Crippen LogP contribution >= 0.6 is 0 Å². The molecule has 0 saturated heterocycles. The second kappa shape index (κ2) is 6.79. The summed E-state index contributed by atoms with van der Waals surface area (Å²) in [4.78, 5) is 13.4. The lowest BCUT2D eigenvalue weighted by Gasteiger charge is -2.24. The van der Waals surface area contributed by atoms with Gasteiger partial charge in [-0.2, -0.15) is 0 Å². The first-order valence-electron chi connectivity index (χ1n) is 7.09. The zero-order valence-electron chi connectivity index (χ0n) is 12.3. The first-order valence-corrected chi connectivity index (χ1v) is 7.09. The van der Waals surface area contributed by atoms with Crippen LogP contribution in [-0.4, -0.2) is 12.5 Å². The molecule has 21 heavy (non-hydrogen) atoms. The molecule has 4 nitrogen and oxygen atoms in total. The summed E-state index contributed by atoms with van der Waals surface area (Å²) in [6.07, 6.45) is 1.05. The van der Waals surface area contributed by atoms with Crippen LogP contribution in [0.15, 0.2) is 48.5 Å². The molecule has 0 bridgehead atoms. The van der Waals surface area contributed by atoms with Crippen molar-refractivity contribution in [1.29, 1.82) is 0 Å². The number of benzene rings is 2. The SMILES string of the molecule is CCCN(Cc1ccc(N)cc1)c1ccc(C(N)=O)cc1. The number of hydrogen-bond acceptors (Lipinski definition) is 3.